The fourth-order valence-electron chi connectivity index (χ4n) is 2.65. The SMILES string of the molecule is COC1Cc2ccccc2N(S(=O)(=O)c2cncc(C#N)c2)C1. The van der Waals surface area contributed by atoms with Gasteiger partial charge in [0.05, 0.1) is 23.9 Å². The number of methoxy groups -OCH3 is 1. The second-order valence-electron chi connectivity index (χ2n) is 5.25. The maximum Gasteiger partial charge on any atom is 0.265 e. The van der Waals surface area contributed by atoms with E-state index in [2.05, 4.69) is 4.98 Å². The Morgan fingerprint density at radius 1 is 1.35 bits per heavy atom. The zero-order chi connectivity index (χ0) is 16.4. The van der Waals surface area contributed by atoms with Crippen LogP contribution >= 0.6 is 0 Å². The number of hydrogen-bond donors (Lipinski definition) is 0. The molecule has 0 radical (unpaired) electrons. The zero-order valence-corrected chi connectivity index (χ0v) is 13.3. The first-order chi connectivity index (χ1) is 11.1. The summed E-state index contributed by atoms with van der Waals surface area (Å²) in [5.41, 5.74) is 1.77. The van der Waals surface area contributed by atoms with Gasteiger partial charge >= 0.3 is 0 Å². The number of pyridine rings is 1. The Bertz CT molecular complexity index is 874. The summed E-state index contributed by atoms with van der Waals surface area (Å²) < 4.78 is 32.7. The number of fused-ring (bicyclic) bond motifs is 1. The maximum absolute atomic E-state index is 13.0. The van der Waals surface area contributed by atoms with Gasteiger partial charge in [-0.1, -0.05) is 18.2 Å². The number of anilines is 1. The normalized spacial score (nSPS) is 17.4. The van der Waals surface area contributed by atoms with Gasteiger partial charge in [-0.05, 0) is 17.7 Å². The molecule has 1 aliphatic rings. The van der Waals surface area contributed by atoms with Gasteiger partial charge in [-0.15, -0.1) is 0 Å². The van der Waals surface area contributed by atoms with Gasteiger partial charge in [0.2, 0.25) is 0 Å². The number of aromatic nitrogens is 1. The first-order valence-corrected chi connectivity index (χ1v) is 8.49. The fourth-order valence-corrected chi connectivity index (χ4v) is 4.18. The van der Waals surface area contributed by atoms with Gasteiger partial charge < -0.3 is 4.74 Å². The molecule has 0 spiro atoms. The first kappa shape index (κ1) is 15.5. The predicted octanol–water partition coefficient (Wildman–Crippen LogP) is 1.72. The lowest BCUT2D eigenvalue weighted by atomic mass is 10.0. The van der Waals surface area contributed by atoms with Gasteiger partial charge in [-0.2, -0.15) is 5.26 Å². The highest BCUT2D eigenvalue weighted by atomic mass is 32.2. The molecule has 2 aromatic rings. The first-order valence-electron chi connectivity index (χ1n) is 7.05. The van der Waals surface area contributed by atoms with E-state index >= 15 is 0 Å². The average Bonchev–Trinajstić information content (AvgIpc) is 2.60. The third kappa shape index (κ3) is 2.79. The average molecular weight is 329 g/mol. The number of para-hydroxylation sites is 1. The van der Waals surface area contributed by atoms with E-state index in [9.17, 15) is 8.42 Å². The molecule has 0 saturated carbocycles. The van der Waals surface area contributed by atoms with Crippen molar-refractivity contribution in [3.8, 4) is 6.07 Å². The standard InChI is InChI=1S/C16H15N3O3S/c1-22-14-7-13-4-2-3-5-16(13)19(11-14)23(20,21)15-6-12(8-17)9-18-10-15/h2-6,9-10,14H,7,11H2,1H3. The molecule has 0 fully saturated rings. The van der Waals surface area contributed by atoms with Crippen LogP contribution in [0.1, 0.15) is 11.1 Å². The van der Waals surface area contributed by atoms with Crippen LogP contribution in [0.2, 0.25) is 0 Å². The van der Waals surface area contributed by atoms with Crippen LogP contribution in [0.25, 0.3) is 0 Å². The monoisotopic (exact) mass is 329 g/mol. The lowest BCUT2D eigenvalue weighted by Crippen LogP contribution is -2.43. The van der Waals surface area contributed by atoms with Crippen LogP contribution < -0.4 is 4.31 Å². The summed E-state index contributed by atoms with van der Waals surface area (Å²) >= 11 is 0. The van der Waals surface area contributed by atoms with E-state index in [1.54, 1.807) is 19.2 Å². The topological polar surface area (TPSA) is 83.3 Å². The maximum atomic E-state index is 13.0. The minimum Gasteiger partial charge on any atom is -0.379 e. The summed E-state index contributed by atoms with van der Waals surface area (Å²) in [4.78, 5) is 3.86. The molecule has 0 saturated heterocycles. The van der Waals surface area contributed by atoms with Crippen molar-refractivity contribution in [2.75, 3.05) is 18.0 Å². The minimum absolute atomic E-state index is 0.00288. The summed E-state index contributed by atoms with van der Waals surface area (Å²) in [6.07, 6.45) is 3.04. The second-order valence-corrected chi connectivity index (χ2v) is 7.11. The van der Waals surface area contributed by atoms with E-state index in [-0.39, 0.29) is 23.1 Å². The predicted molar refractivity (Wildman–Crippen MR) is 84.4 cm³/mol. The smallest absolute Gasteiger partial charge is 0.265 e. The second kappa shape index (κ2) is 5.99. The molecule has 3 rings (SSSR count). The molecule has 118 valence electrons. The van der Waals surface area contributed by atoms with E-state index in [0.29, 0.717) is 12.1 Å². The van der Waals surface area contributed by atoms with Crippen LogP contribution in [0.4, 0.5) is 5.69 Å². The van der Waals surface area contributed by atoms with Crippen molar-refractivity contribution in [2.24, 2.45) is 0 Å². The van der Waals surface area contributed by atoms with Crippen molar-refractivity contribution in [1.82, 2.24) is 4.98 Å². The van der Waals surface area contributed by atoms with E-state index in [4.69, 9.17) is 10.00 Å². The Balaban J connectivity index is 2.10. The lowest BCUT2D eigenvalue weighted by Gasteiger charge is -2.34. The summed E-state index contributed by atoms with van der Waals surface area (Å²) in [5, 5.41) is 8.96. The summed E-state index contributed by atoms with van der Waals surface area (Å²) in [6.45, 7) is 0.229. The minimum atomic E-state index is -3.81. The lowest BCUT2D eigenvalue weighted by molar-refractivity contribution is 0.108. The quantitative estimate of drug-likeness (QED) is 0.856. The van der Waals surface area contributed by atoms with Crippen LogP contribution in [0, 0.1) is 11.3 Å². The largest absolute Gasteiger partial charge is 0.379 e. The van der Waals surface area contributed by atoms with Crippen LogP contribution in [-0.2, 0) is 21.2 Å². The Kier molecular flexibility index (Phi) is 4.03. The number of hydrogen-bond acceptors (Lipinski definition) is 5. The van der Waals surface area contributed by atoms with E-state index < -0.39 is 10.0 Å². The van der Waals surface area contributed by atoms with Gasteiger partial charge in [-0.25, -0.2) is 8.42 Å². The van der Waals surface area contributed by atoms with E-state index in [1.807, 2.05) is 18.2 Å². The van der Waals surface area contributed by atoms with Crippen LogP contribution in [-0.4, -0.2) is 33.2 Å². The molecule has 1 aromatic heterocycles. The van der Waals surface area contributed by atoms with E-state index in [0.717, 1.165) is 5.56 Å². The van der Waals surface area contributed by atoms with Gasteiger partial charge in [0.1, 0.15) is 11.0 Å². The van der Waals surface area contributed by atoms with Crippen molar-refractivity contribution in [1.29, 1.82) is 5.26 Å². The Morgan fingerprint density at radius 2 is 2.13 bits per heavy atom. The molecular weight excluding hydrogens is 314 g/mol. The van der Waals surface area contributed by atoms with Crippen LogP contribution in [0.15, 0.2) is 47.6 Å². The molecule has 1 atom stereocenters. The number of nitrogens with zero attached hydrogens (tertiary/aromatic N) is 3. The molecular formula is C16H15N3O3S. The summed E-state index contributed by atoms with van der Waals surface area (Å²) in [5.74, 6) is 0. The highest BCUT2D eigenvalue weighted by molar-refractivity contribution is 7.92. The number of nitriles is 1. The highest BCUT2D eigenvalue weighted by Crippen LogP contribution is 2.32. The van der Waals surface area contributed by atoms with Gasteiger partial charge in [0.25, 0.3) is 10.0 Å². The van der Waals surface area contributed by atoms with Crippen molar-refractivity contribution < 1.29 is 13.2 Å². The van der Waals surface area contributed by atoms with Gasteiger partial charge in [-0.3, -0.25) is 9.29 Å². The molecule has 0 bridgehead atoms. The molecule has 23 heavy (non-hydrogen) atoms. The summed E-state index contributed by atoms with van der Waals surface area (Å²) in [7, 11) is -2.24. The molecule has 1 aromatic carbocycles. The molecule has 1 unspecified atom stereocenters. The Morgan fingerprint density at radius 3 is 2.87 bits per heavy atom. The van der Waals surface area contributed by atoms with Crippen molar-refractivity contribution >= 4 is 15.7 Å². The van der Waals surface area contributed by atoms with E-state index in [1.165, 1.54) is 22.8 Å². The molecule has 0 amide bonds. The highest BCUT2D eigenvalue weighted by Gasteiger charge is 2.33. The van der Waals surface area contributed by atoms with Crippen LogP contribution in [0.3, 0.4) is 0 Å². The Hall–Kier alpha value is -2.43. The molecule has 2 heterocycles. The summed E-state index contributed by atoms with van der Waals surface area (Å²) in [6, 6.07) is 10.6. The zero-order valence-electron chi connectivity index (χ0n) is 12.5. The molecule has 0 aliphatic carbocycles. The molecule has 7 heteroatoms. The fraction of sp³-hybridized carbons (Fsp3) is 0.250. The Labute approximate surface area is 135 Å². The van der Waals surface area contributed by atoms with Crippen LogP contribution in [0.5, 0.6) is 0 Å². The third-order valence-electron chi connectivity index (χ3n) is 3.84. The number of ether oxygens (including phenoxy) is 1. The van der Waals surface area contributed by atoms with Crippen molar-refractivity contribution in [3.63, 3.8) is 0 Å². The molecule has 1 aliphatic heterocycles. The third-order valence-corrected chi connectivity index (χ3v) is 5.59. The number of benzene rings is 1. The molecule has 0 N–H and O–H groups in total. The van der Waals surface area contributed by atoms with Crippen molar-refractivity contribution in [2.45, 2.75) is 17.4 Å². The van der Waals surface area contributed by atoms with Crippen molar-refractivity contribution in [3.05, 3.63) is 53.9 Å². The molecule has 6 nitrogen and oxygen atoms in total. The van der Waals surface area contributed by atoms with Gasteiger partial charge in [0, 0.05) is 25.9 Å². The number of sulfonamides is 1. The number of rotatable bonds is 3. The van der Waals surface area contributed by atoms with Gasteiger partial charge in [0.15, 0.2) is 0 Å².